The normalized spacial score (nSPS) is 18.4. The van der Waals surface area contributed by atoms with Crippen molar-refractivity contribution in [1.29, 1.82) is 0 Å². The van der Waals surface area contributed by atoms with Crippen LogP contribution in [0.15, 0.2) is 28.8 Å². The maximum Gasteiger partial charge on any atom is 0.490 e. The molecule has 12 heteroatoms. The number of hydrogen-bond acceptors (Lipinski definition) is 5. The van der Waals surface area contributed by atoms with Gasteiger partial charge in [-0.3, -0.25) is 9.58 Å². The quantitative estimate of drug-likeness (QED) is 0.694. The first-order chi connectivity index (χ1) is 15.6. The number of likely N-dealkylation sites (tertiary alicyclic amines) is 1. The van der Waals surface area contributed by atoms with Crippen molar-refractivity contribution in [3.05, 3.63) is 41.6 Å². The van der Waals surface area contributed by atoms with Gasteiger partial charge in [0.05, 0.1) is 18.3 Å². The Morgan fingerprint density at radius 2 is 1.94 bits per heavy atom. The minimum atomic E-state index is -5.08. The molecule has 4 heterocycles. The summed E-state index contributed by atoms with van der Waals surface area (Å²) in [6.07, 6.45) is -0.102. The van der Waals surface area contributed by atoms with Crippen LogP contribution in [0.2, 0.25) is 0 Å². The average molecular weight is 471 g/mol. The highest BCUT2D eigenvalue weighted by atomic mass is 19.4. The van der Waals surface area contributed by atoms with Crippen molar-refractivity contribution in [3.63, 3.8) is 0 Å². The van der Waals surface area contributed by atoms with Crippen molar-refractivity contribution in [3.8, 4) is 0 Å². The number of urea groups is 1. The van der Waals surface area contributed by atoms with Crippen LogP contribution in [0, 0.1) is 6.92 Å². The van der Waals surface area contributed by atoms with Crippen LogP contribution >= 0.6 is 0 Å². The Kier molecular flexibility index (Phi) is 8.01. The van der Waals surface area contributed by atoms with Gasteiger partial charge in [-0.05, 0) is 44.4 Å². The van der Waals surface area contributed by atoms with Gasteiger partial charge in [-0.2, -0.15) is 18.3 Å². The smallest absolute Gasteiger partial charge is 0.475 e. The SMILES string of the molecule is Cc1ccc(CN2Cc3ccnn3C(CCNC(=O)N3CCCC3)C2)o1.O=C(O)C(F)(F)F. The number of rotatable bonds is 5. The monoisotopic (exact) mass is 471 g/mol. The van der Waals surface area contributed by atoms with E-state index < -0.39 is 12.1 Å². The number of fused-ring (bicyclic) bond motifs is 1. The maximum atomic E-state index is 12.2. The number of aromatic nitrogens is 2. The molecule has 0 spiro atoms. The minimum Gasteiger partial charge on any atom is -0.475 e. The number of amides is 2. The van der Waals surface area contributed by atoms with Crippen molar-refractivity contribution < 1.29 is 32.3 Å². The summed E-state index contributed by atoms with van der Waals surface area (Å²) in [7, 11) is 0. The molecule has 0 bridgehead atoms. The molecular weight excluding hydrogens is 443 g/mol. The molecule has 4 rings (SSSR count). The van der Waals surface area contributed by atoms with E-state index in [4.69, 9.17) is 14.3 Å². The van der Waals surface area contributed by atoms with Gasteiger partial charge in [0.1, 0.15) is 11.5 Å². The number of hydrogen-bond donors (Lipinski definition) is 2. The Labute approximate surface area is 189 Å². The van der Waals surface area contributed by atoms with Gasteiger partial charge in [-0.15, -0.1) is 0 Å². The molecular formula is C21H28F3N5O4. The standard InChI is InChI=1S/C19H27N5O2.C2HF3O2/c1-15-4-5-18(26-15)14-22-12-16(24-17(13-22)7-9-21-24)6-8-20-19(25)23-10-2-3-11-23;3-2(4,5)1(6)7/h4-5,7,9,16H,2-3,6,8,10-14H2,1H3,(H,20,25);(H,6,7). The van der Waals surface area contributed by atoms with Crippen LogP contribution in [0.4, 0.5) is 18.0 Å². The lowest BCUT2D eigenvalue weighted by molar-refractivity contribution is -0.192. The predicted molar refractivity (Wildman–Crippen MR) is 111 cm³/mol. The fourth-order valence-electron chi connectivity index (χ4n) is 3.97. The fourth-order valence-corrected chi connectivity index (χ4v) is 3.97. The molecule has 0 aliphatic carbocycles. The molecule has 2 aliphatic heterocycles. The van der Waals surface area contributed by atoms with Crippen molar-refractivity contribution in [2.75, 3.05) is 26.2 Å². The van der Waals surface area contributed by atoms with Gasteiger partial charge in [0.15, 0.2) is 0 Å². The number of alkyl halides is 3. The Morgan fingerprint density at radius 1 is 1.24 bits per heavy atom. The maximum absolute atomic E-state index is 12.2. The Bertz CT molecular complexity index is 936. The van der Waals surface area contributed by atoms with Crippen molar-refractivity contribution in [2.24, 2.45) is 0 Å². The minimum absolute atomic E-state index is 0.0712. The summed E-state index contributed by atoms with van der Waals surface area (Å²) in [4.78, 5) is 25.4. The van der Waals surface area contributed by atoms with E-state index in [9.17, 15) is 18.0 Å². The molecule has 2 amide bonds. The Morgan fingerprint density at radius 3 is 2.55 bits per heavy atom. The van der Waals surface area contributed by atoms with Crippen molar-refractivity contribution in [2.45, 2.75) is 51.5 Å². The van der Waals surface area contributed by atoms with E-state index in [1.165, 1.54) is 5.69 Å². The summed E-state index contributed by atoms with van der Waals surface area (Å²) in [5.41, 5.74) is 1.22. The van der Waals surface area contributed by atoms with E-state index in [2.05, 4.69) is 26.1 Å². The lowest BCUT2D eigenvalue weighted by Gasteiger charge is -2.33. The van der Waals surface area contributed by atoms with Gasteiger partial charge in [0, 0.05) is 38.9 Å². The second-order valence-corrected chi connectivity index (χ2v) is 8.12. The highest BCUT2D eigenvalue weighted by Gasteiger charge is 2.38. The number of carbonyl (C=O) groups excluding carboxylic acids is 1. The molecule has 2 aromatic rings. The van der Waals surface area contributed by atoms with Gasteiger partial charge in [0.25, 0.3) is 0 Å². The largest absolute Gasteiger partial charge is 0.490 e. The predicted octanol–water partition coefficient (Wildman–Crippen LogP) is 3.17. The third kappa shape index (κ3) is 6.98. The molecule has 33 heavy (non-hydrogen) atoms. The topological polar surface area (TPSA) is 104 Å². The molecule has 1 saturated heterocycles. The lowest BCUT2D eigenvalue weighted by Crippen LogP contribution is -2.41. The second-order valence-electron chi connectivity index (χ2n) is 8.12. The third-order valence-corrected chi connectivity index (χ3v) is 5.52. The molecule has 2 aromatic heterocycles. The number of furan rings is 1. The van der Waals surface area contributed by atoms with E-state index in [0.717, 1.165) is 63.5 Å². The third-order valence-electron chi connectivity index (χ3n) is 5.52. The van der Waals surface area contributed by atoms with E-state index in [1.54, 1.807) is 0 Å². The summed E-state index contributed by atoms with van der Waals surface area (Å²) in [5, 5.41) is 14.7. The van der Waals surface area contributed by atoms with Crippen molar-refractivity contribution in [1.82, 2.24) is 24.9 Å². The molecule has 2 N–H and O–H groups in total. The highest BCUT2D eigenvalue weighted by molar-refractivity contribution is 5.74. The van der Waals surface area contributed by atoms with Crippen LogP contribution in [-0.4, -0.2) is 69.0 Å². The summed E-state index contributed by atoms with van der Waals surface area (Å²) in [5.74, 6) is -0.813. The summed E-state index contributed by atoms with van der Waals surface area (Å²) >= 11 is 0. The van der Waals surface area contributed by atoms with Crippen LogP contribution in [0.3, 0.4) is 0 Å². The van der Waals surface area contributed by atoms with E-state index in [-0.39, 0.29) is 12.1 Å². The molecule has 0 saturated carbocycles. The summed E-state index contributed by atoms with van der Waals surface area (Å²) in [6.45, 7) is 7.00. The molecule has 9 nitrogen and oxygen atoms in total. The van der Waals surface area contributed by atoms with Gasteiger partial charge >= 0.3 is 18.2 Å². The Hall–Kier alpha value is -3.02. The number of aryl methyl sites for hydroxylation is 1. The number of nitrogens with one attached hydrogen (secondary N) is 1. The summed E-state index contributed by atoms with van der Waals surface area (Å²) < 4.78 is 39.6. The Balaban J connectivity index is 0.000000383. The number of carboxylic acids is 1. The van der Waals surface area contributed by atoms with Crippen LogP contribution in [-0.2, 0) is 17.9 Å². The highest BCUT2D eigenvalue weighted by Crippen LogP contribution is 2.24. The zero-order chi connectivity index (χ0) is 24.0. The van der Waals surface area contributed by atoms with Crippen LogP contribution in [0.5, 0.6) is 0 Å². The average Bonchev–Trinajstić information content (AvgIpc) is 3.49. The molecule has 1 fully saturated rings. The molecule has 1 atom stereocenters. The molecule has 1 unspecified atom stereocenters. The van der Waals surface area contributed by atoms with E-state index in [1.807, 2.05) is 30.2 Å². The number of nitrogens with zero attached hydrogens (tertiary/aromatic N) is 4. The van der Waals surface area contributed by atoms with Crippen LogP contribution in [0.1, 0.15) is 42.5 Å². The first-order valence-corrected chi connectivity index (χ1v) is 10.8. The van der Waals surface area contributed by atoms with E-state index >= 15 is 0 Å². The van der Waals surface area contributed by atoms with Crippen LogP contribution in [0.25, 0.3) is 0 Å². The lowest BCUT2D eigenvalue weighted by atomic mass is 10.1. The number of carboxylic acid groups (broad SMARTS) is 1. The zero-order valence-corrected chi connectivity index (χ0v) is 18.3. The summed E-state index contributed by atoms with van der Waals surface area (Å²) in [6, 6.07) is 6.47. The van der Waals surface area contributed by atoms with Gasteiger partial charge in [0.2, 0.25) is 0 Å². The van der Waals surface area contributed by atoms with Crippen molar-refractivity contribution >= 4 is 12.0 Å². The van der Waals surface area contributed by atoms with Gasteiger partial charge in [-0.25, -0.2) is 9.59 Å². The van der Waals surface area contributed by atoms with Crippen LogP contribution < -0.4 is 5.32 Å². The second kappa shape index (κ2) is 10.7. The number of carbonyl (C=O) groups is 2. The van der Waals surface area contributed by atoms with Gasteiger partial charge in [-0.1, -0.05) is 0 Å². The first kappa shape index (κ1) is 24.6. The number of aliphatic carboxylic acids is 1. The van der Waals surface area contributed by atoms with E-state index in [0.29, 0.717) is 6.54 Å². The van der Waals surface area contributed by atoms with Gasteiger partial charge < -0.3 is 19.7 Å². The first-order valence-electron chi connectivity index (χ1n) is 10.8. The molecule has 0 radical (unpaired) electrons. The number of halogens is 3. The molecule has 182 valence electrons. The molecule has 0 aromatic carbocycles. The molecule has 2 aliphatic rings. The fraction of sp³-hybridized carbons (Fsp3) is 0.571. The zero-order valence-electron chi connectivity index (χ0n) is 18.3.